The standard InChI is InChI=1S/C14H10ClNO3/c15-11-5-3-7-13(10(11)8-17)19-12-6-2-1-4-9(12)14(16)18/h1-8H,(H2,16,18). The van der Waals surface area contributed by atoms with Gasteiger partial charge in [0.05, 0.1) is 16.1 Å². The zero-order valence-electron chi connectivity index (χ0n) is 9.80. The average molecular weight is 276 g/mol. The molecule has 0 aromatic heterocycles. The highest BCUT2D eigenvalue weighted by atomic mass is 35.5. The SMILES string of the molecule is NC(=O)c1ccccc1Oc1cccc(Cl)c1C=O. The number of carbonyl (C=O) groups is 2. The van der Waals surface area contributed by atoms with Crippen LogP contribution in [0, 0.1) is 0 Å². The molecule has 0 spiro atoms. The minimum atomic E-state index is -0.606. The molecule has 2 aromatic carbocycles. The number of para-hydroxylation sites is 1. The predicted molar refractivity (Wildman–Crippen MR) is 71.9 cm³/mol. The number of primary amides is 1. The van der Waals surface area contributed by atoms with Gasteiger partial charge in [-0.15, -0.1) is 0 Å². The van der Waals surface area contributed by atoms with Crippen LogP contribution in [0.25, 0.3) is 0 Å². The molecule has 1 amide bonds. The number of halogens is 1. The minimum Gasteiger partial charge on any atom is -0.456 e. The number of ether oxygens (including phenoxy) is 1. The Morgan fingerprint density at radius 1 is 1.11 bits per heavy atom. The number of aldehydes is 1. The zero-order valence-corrected chi connectivity index (χ0v) is 10.6. The lowest BCUT2D eigenvalue weighted by atomic mass is 10.2. The third kappa shape index (κ3) is 2.74. The second-order valence-corrected chi connectivity index (χ2v) is 4.14. The highest BCUT2D eigenvalue weighted by Crippen LogP contribution is 2.30. The molecule has 0 atom stereocenters. The van der Waals surface area contributed by atoms with Crippen LogP contribution in [0.3, 0.4) is 0 Å². The van der Waals surface area contributed by atoms with Gasteiger partial charge in [-0.3, -0.25) is 9.59 Å². The molecule has 0 aliphatic rings. The van der Waals surface area contributed by atoms with Crippen LogP contribution in [0.15, 0.2) is 42.5 Å². The number of hydrogen-bond acceptors (Lipinski definition) is 3. The minimum absolute atomic E-state index is 0.225. The van der Waals surface area contributed by atoms with Gasteiger partial charge >= 0.3 is 0 Å². The van der Waals surface area contributed by atoms with Gasteiger partial charge in [0.2, 0.25) is 0 Å². The molecule has 0 aliphatic carbocycles. The Hall–Kier alpha value is -2.33. The molecule has 2 N–H and O–H groups in total. The fourth-order valence-corrected chi connectivity index (χ4v) is 1.81. The van der Waals surface area contributed by atoms with Crippen LogP contribution < -0.4 is 10.5 Å². The van der Waals surface area contributed by atoms with Crippen molar-refractivity contribution in [2.45, 2.75) is 0 Å². The normalized spacial score (nSPS) is 9.95. The van der Waals surface area contributed by atoms with Crippen molar-refractivity contribution in [3.8, 4) is 11.5 Å². The van der Waals surface area contributed by atoms with Crippen molar-refractivity contribution in [1.82, 2.24) is 0 Å². The molecular formula is C14H10ClNO3. The molecule has 0 heterocycles. The Morgan fingerprint density at radius 2 is 1.79 bits per heavy atom. The lowest BCUT2D eigenvalue weighted by Crippen LogP contribution is -2.12. The summed E-state index contributed by atoms with van der Waals surface area (Å²) < 4.78 is 5.56. The van der Waals surface area contributed by atoms with Gasteiger partial charge in [0.25, 0.3) is 5.91 Å². The van der Waals surface area contributed by atoms with Crippen LogP contribution in [-0.2, 0) is 0 Å². The number of hydrogen-bond donors (Lipinski definition) is 1. The molecule has 2 aromatic rings. The Labute approximate surface area is 114 Å². The van der Waals surface area contributed by atoms with Crippen molar-refractivity contribution in [3.63, 3.8) is 0 Å². The number of nitrogens with two attached hydrogens (primary N) is 1. The lowest BCUT2D eigenvalue weighted by molar-refractivity contribution is 0.0998. The van der Waals surface area contributed by atoms with Gasteiger partial charge < -0.3 is 10.5 Å². The van der Waals surface area contributed by atoms with Gasteiger partial charge in [0.15, 0.2) is 6.29 Å². The predicted octanol–water partition coefficient (Wildman–Crippen LogP) is 3.04. The monoisotopic (exact) mass is 275 g/mol. The fourth-order valence-electron chi connectivity index (χ4n) is 1.60. The van der Waals surface area contributed by atoms with E-state index in [0.717, 1.165) is 0 Å². The molecular weight excluding hydrogens is 266 g/mol. The molecule has 0 fully saturated rings. The second-order valence-electron chi connectivity index (χ2n) is 3.73. The average Bonchev–Trinajstić information content (AvgIpc) is 2.39. The highest BCUT2D eigenvalue weighted by molar-refractivity contribution is 6.33. The second kappa shape index (κ2) is 5.54. The largest absolute Gasteiger partial charge is 0.456 e. The first-order valence-electron chi connectivity index (χ1n) is 5.44. The van der Waals surface area contributed by atoms with Crippen molar-refractivity contribution in [1.29, 1.82) is 0 Å². The van der Waals surface area contributed by atoms with Crippen molar-refractivity contribution in [3.05, 3.63) is 58.6 Å². The number of benzene rings is 2. The summed E-state index contributed by atoms with van der Waals surface area (Å²) in [5, 5.41) is 0.282. The first-order chi connectivity index (χ1) is 9.13. The summed E-state index contributed by atoms with van der Waals surface area (Å²) in [6.45, 7) is 0. The Bertz CT molecular complexity index is 640. The van der Waals surface area contributed by atoms with Gasteiger partial charge in [-0.05, 0) is 24.3 Å². The van der Waals surface area contributed by atoms with Crippen LogP contribution in [-0.4, -0.2) is 12.2 Å². The summed E-state index contributed by atoms with van der Waals surface area (Å²) in [4.78, 5) is 22.3. The summed E-state index contributed by atoms with van der Waals surface area (Å²) in [7, 11) is 0. The van der Waals surface area contributed by atoms with E-state index in [1.807, 2.05) is 0 Å². The molecule has 0 saturated carbocycles. The van der Waals surface area contributed by atoms with Crippen molar-refractivity contribution in [2.75, 3.05) is 0 Å². The Balaban J connectivity index is 2.45. The molecule has 0 aliphatic heterocycles. The van der Waals surface area contributed by atoms with E-state index in [1.165, 1.54) is 0 Å². The molecule has 0 bridgehead atoms. The first kappa shape index (κ1) is 13.1. The molecule has 0 radical (unpaired) electrons. The Morgan fingerprint density at radius 3 is 2.47 bits per heavy atom. The van der Waals surface area contributed by atoms with E-state index in [0.29, 0.717) is 6.29 Å². The lowest BCUT2D eigenvalue weighted by Gasteiger charge is -2.11. The van der Waals surface area contributed by atoms with E-state index < -0.39 is 5.91 Å². The summed E-state index contributed by atoms with van der Waals surface area (Å²) in [6, 6.07) is 11.3. The van der Waals surface area contributed by atoms with Crippen molar-refractivity contribution >= 4 is 23.8 Å². The van der Waals surface area contributed by atoms with Gasteiger partial charge in [0, 0.05) is 0 Å². The molecule has 96 valence electrons. The van der Waals surface area contributed by atoms with Gasteiger partial charge in [-0.2, -0.15) is 0 Å². The number of rotatable bonds is 4. The number of carbonyl (C=O) groups excluding carboxylic acids is 2. The molecule has 5 heteroatoms. The van der Waals surface area contributed by atoms with Gasteiger partial charge in [0.1, 0.15) is 11.5 Å². The first-order valence-corrected chi connectivity index (χ1v) is 5.81. The molecule has 2 rings (SSSR count). The van der Waals surface area contributed by atoms with E-state index >= 15 is 0 Å². The maximum atomic E-state index is 11.3. The topological polar surface area (TPSA) is 69.4 Å². The summed E-state index contributed by atoms with van der Waals surface area (Å²) >= 11 is 5.90. The maximum Gasteiger partial charge on any atom is 0.252 e. The third-order valence-corrected chi connectivity index (χ3v) is 2.83. The summed E-state index contributed by atoms with van der Waals surface area (Å²) in [5.74, 6) is -0.0538. The van der Waals surface area contributed by atoms with E-state index in [-0.39, 0.29) is 27.6 Å². The third-order valence-electron chi connectivity index (χ3n) is 2.50. The quantitative estimate of drug-likeness (QED) is 0.872. The van der Waals surface area contributed by atoms with Gasteiger partial charge in [-0.25, -0.2) is 0 Å². The van der Waals surface area contributed by atoms with Gasteiger partial charge in [-0.1, -0.05) is 29.8 Å². The van der Waals surface area contributed by atoms with Crippen LogP contribution in [0.1, 0.15) is 20.7 Å². The summed E-state index contributed by atoms with van der Waals surface area (Å²) in [6.07, 6.45) is 0.602. The van der Waals surface area contributed by atoms with E-state index in [1.54, 1.807) is 42.5 Å². The van der Waals surface area contributed by atoms with Crippen molar-refractivity contribution < 1.29 is 14.3 Å². The van der Waals surface area contributed by atoms with Crippen LogP contribution in [0.4, 0.5) is 0 Å². The zero-order chi connectivity index (χ0) is 13.8. The van der Waals surface area contributed by atoms with E-state index in [4.69, 9.17) is 22.1 Å². The van der Waals surface area contributed by atoms with E-state index in [2.05, 4.69) is 0 Å². The van der Waals surface area contributed by atoms with E-state index in [9.17, 15) is 9.59 Å². The molecule has 19 heavy (non-hydrogen) atoms. The van der Waals surface area contributed by atoms with Crippen LogP contribution in [0.2, 0.25) is 5.02 Å². The molecule has 0 unspecified atom stereocenters. The maximum absolute atomic E-state index is 11.3. The highest BCUT2D eigenvalue weighted by Gasteiger charge is 2.12. The smallest absolute Gasteiger partial charge is 0.252 e. The molecule has 4 nitrogen and oxygen atoms in total. The molecule has 0 saturated heterocycles. The fraction of sp³-hybridized carbons (Fsp3) is 0. The number of amides is 1. The van der Waals surface area contributed by atoms with Crippen molar-refractivity contribution in [2.24, 2.45) is 5.73 Å². The summed E-state index contributed by atoms with van der Waals surface area (Å²) in [5.41, 5.74) is 5.72. The van der Waals surface area contributed by atoms with Crippen LogP contribution in [0.5, 0.6) is 11.5 Å². The van der Waals surface area contributed by atoms with Crippen LogP contribution >= 0.6 is 11.6 Å². The Kier molecular flexibility index (Phi) is 3.82.